The van der Waals surface area contributed by atoms with Gasteiger partial charge in [0.15, 0.2) is 0 Å². The molecule has 0 amide bonds. The number of nitrogens with one attached hydrogen (secondary N) is 1. The molecular formula is C12H21F2NO4S. The maximum absolute atomic E-state index is 14.0. The van der Waals surface area contributed by atoms with Crippen LogP contribution in [0.1, 0.15) is 34.1 Å². The number of rotatable bonds is 6. The van der Waals surface area contributed by atoms with Crippen molar-refractivity contribution in [3.8, 4) is 0 Å². The Kier molecular flexibility index (Phi) is 4.63. The van der Waals surface area contributed by atoms with Crippen LogP contribution in [0.25, 0.3) is 0 Å². The van der Waals surface area contributed by atoms with Crippen LogP contribution in [-0.2, 0) is 15.8 Å². The van der Waals surface area contributed by atoms with E-state index in [2.05, 4.69) is 4.72 Å². The number of aliphatic carboxylic acids is 1. The highest BCUT2D eigenvalue weighted by Crippen LogP contribution is 2.52. The topological polar surface area (TPSA) is 86.6 Å². The summed E-state index contributed by atoms with van der Waals surface area (Å²) in [5.74, 6) is -6.49. The zero-order valence-electron chi connectivity index (χ0n) is 11.9. The highest BCUT2D eigenvalue weighted by molar-refractivity contribution is 7.84. The first kappa shape index (κ1) is 17.5. The van der Waals surface area contributed by atoms with Crippen molar-refractivity contribution in [3.63, 3.8) is 0 Å². The van der Waals surface area contributed by atoms with E-state index in [4.69, 9.17) is 10.2 Å². The van der Waals surface area contributed by atoms with Crippen molar-refractivity contribution < 1.29 is 28.0 Å². The molecule has 8 heteroatoms. The van der Waals surface area contributed by atoms with Gasteiger partial charge < -0.3 is 10.2 Å². The minimum atomic E-state index is -3.57. The van der Waals surface area contributed by atoms with E-state index < -0.39 is 51.6 Å². The number of carboxylic acids is 1. The smallest absolute Gasteiger partial charge is 0.306 e. The van der Waals surface area contributed by atoms with Crippen LogP contribution < -0.4 is 4.72 Å². The molecule has 0 saturated heterocycles. The van der Waals surface area contributed by atoms with Gasteiger partial charge in [-0.3, -0.25) is 4.79 Å². The lowest BCUT2D eigenvalue weighted by Crippen LogP contribution is -2.62. The molecule has 0 radical (unpaired) electrons. The van der Waals surface area contributed by atoms with Gasteiger partial charge in [-0.1, -0.05) is 0 Å². The summed E-state index contributed by atoms with van der Waals surface area (Å²) in [5, 5.41) is 17.8. The normalized spacial score (nSPS) is 27.8. The molecule has 0 aromatic rings. The van der Waals surface area contributed by atoms with Gasteiger partial charge in [0, 0.05) is 0 Å². The second kappa shape index (κ2) is 5.31. The number of hydrogen-bond donors (Lipinski definition) is 3. The van der Waals surface area contributed by atoms with E-state index in [1.54, 1.807) is 20.8 Å². The molecule has 0 heterocycles. The van der Waals surface area contributed by atoms with Crippen molar-refractivity contribution in [1.29, 1.82) is 0 Å². The molecule has 0 aliphatic heterocycles. The van der Waals surface area contributed by atoms with Crippen molar-refractivity contribution >= 4 is 17.0 Å². The number of hydrogen-bond acceptors (Lipinski definition) is 3. The van der Waals surface area contributed by atoms with Crippen molar-refractivity contribution in [2.24, 2.45) is 11.8 Å². The number of carboxylic acid groups (broad SMARTS) is 1. The van der Waals surface area contributed by atoms with Crippen LogP contribution in [0.15, 0.2) is 0 Å². The van der Waals surface area contributed by atoms with Crippen molar-refractivity contribution in [3.05, 3.63) is 0 Å². The quantitative estimate of drug-likeness (QED) is 0.686. The molecule has 5 nitrogen and oxygen atoms in total. The summed E-state index contributed by atoms with van der Waals surface area (Å²) in [7, 11) is -1.80. The standard InChI is InChI=1S/C12H21F2NO4S/c1-10(2,3)20(19)15-11(4,12(13,14)6-16)8-5-7(8)9(17)18/h7-8,15-16H,5-6H2,1-4H3,(H,17,18)/t7-,8-,11+,20+/m0/s1. The molecule has 1 saturated carbocycles. The Morgan fingerprint density at radius 3 is 2.15 bits per heavy atom. The maximum atomic E-state index is 14.0. The van der Waals surface area contributed by atoms with E-state index in [1.165, 1.54) is 0 Å². The second-order valence-electron chi connectivity index (χ2n) is 6.34. The molecule has 118 valence electrons. The fraction of sp³-hybridized carbons (Fsp3) is 0.917. The summed E-state index contributed by atoms with van der Waals surface area (Å²) >= 11 is 0. The zero-order valence-corrected chi connectivity index (χ0v) is 12.8. The van der Waals surface area contributed by atoms with E-state index in [1.807, 2.05) is 0 Å². The maximum Gasteiger partial charge on any atom is 0.306 e. The lowest BCUT2D eigenvalue weighted by Gasteiger charge is -2.39. The molecule has 1 rings (SSSR count). The monoisotopic (exact) mass is 313 g/mol. The first-order valence-corrected chi connectivity index (χ1v) is 7.43. The molecule has 0 unspecified atom stereocenters. The summed E-state index contributed by atoms with van der Waals surface area (Å²) in [6, 6.07) is 0. The average Bonchev–Trinajstić information content (AvgIpc) is 3.07. The van der Waals surface area contributed by atoms with E-state index in [-0.39, 0.29) is 6.42 Å². The van der Waals surface area contributed by atoms with Gasteiger partial charge in [0.1, 0.15) is 6.61 Å². The largest absolute Gasteiger partial charge is 0.481 e. The molecular weight excluding hydrogens is 292 g/mol. The first-order valence-electron chi connectivity index (χ1n) is 6.28. The van der Waals surface area contributed by atoms with Crippen LogP contribution in [0.3, 0.4) is 0 Å². The van der Waals surface area contributed by atoms with E-state index in [0.29, 0.717) is 0 Å². The van der Waals surface area contributed by atoms with Crippen LogP contribution in [0, 0.1) is 11.8 Å². The molecule has 4 atom stereocenters. The van der Waals surface area contributed by atoms with Crippen molar-refractivity contribution in [2.75, 3.05) is 6.61 Å². The van der Waals surface area contributed by atoms with E-state index >= 15 is 0 Å². The minimum Gasteiger partial charge on any atom is -0.481 e. The highest BCUT2D eigenvalue weighted by atomic mass is 32.2. The summed E-state index contributed by atoms with van der Waals surface area (Å²) in [5.41, 5.74) is -2.02. The fourth-order valence-corrected chi connectivity index (χ4v) is 3.03. The molecule has 1 aliphatic carbocycles. The van der Waals surface area contributed by atoms with Gasteiger partial charge >= 0.3 is 5.97 Å². The SMILES string of the molecule is CC(C)(C)[S@@](=O)N[C@](C)([C@H]1C[C@@H]1C(=O)O)C(F)(F)CO. The predicted octanol–water partition coefficient (Wildman–Crippen LogP) is 1.15. The lowest BCUT2D eigenvalue weighted by molar-refractivity contribution is -0.142. The van der Waals surface area contributed by atoms with E-state index in [0.717, 1.165) is 6.92 Å². The molecule has 0 spiro atoms. The zero-order chi connectivity index (χ0) is 15.9. The third kappa shape index (κ3) is 3.17. The van der Waals surface area contributed by atoms with Crippen LogP contribution in [-0.4, -0.2) is 43.2 Å². The number of alkyl halides is 2. The van der Waals surface area contributed by atoms with Gasteiger partial charge in [-0.2, -0.15) is 0 Å². The Hall–Kier alpha value is -0.600. The number of aliphatic hydroxyl groups is 1. The number of carbonyl (C=O) groups is 1. The Bertz CT molecular complexity index is 424. The van der Waals surface area contributed by atoms with Gasteiger partial charge in [-0.15, -0.1) is 0 Å². The highest BCUT2D eigenvalue weighted by Gasteiger charge is 2.65. The Labute approximate surface area is 119 Å². The summed E-state index contributed by atoms with van der Waals surface area (Å²) in [4.78, 5) is 10.9. The molecule has 1 fully saturated rings. The molecule has 20 heavy (non-hydrogen) atoms. The van der Waals surface area contributed by atoms with Crippen molar-refractivity contribution in [2.45, 2.75) is 50.3 Å². The van der Waals surface area contributed by atoms with Crippen LogP contribution in [0.5, 0.6) is 0 Å². The van der Waals surface area contributed by atoms with Crippen molar-refractivity contribution in [1.82, 2.24) is 4.72 Å². The molecule has 0 bridgehead atoms. The molecule has 0 aromatic heterocycles. The number of halogens is 2. The third-order valence-corrected chi connectivity index (χ3v) is 5.39. The van der Waals surface area contributed by atoms with Crippen LogP contribution in [0.4, 0.5) is 8.78 Å². The van der Waals surface area contributed by atoms with Gasteiger partial charge in [0.2, 0.25) is 0 Å². The Balaban J connectivity index is 3.05. The minimum absolute atomic E-state index is 0.0791. The third-order valence-electron chi connectivity index (χ3n) is 3.67. The summed E-state index contributed by atoms with van der Waals surface area (Å²) in [6.07, 6.45) is 0.0791. The van der Waals surface area contributed by atoms with Gasteiger partial charge in [-0.05, 0) is 40.0 Å². The average molecular weight is 313 g/mol. The first-order chi connectivity index (χ1) is 8.87. The summed E-state index contributed by atoms with van der Waals surface area (Å²) in [6.45, 7) is 4.56. The van der Waals surface area contributed by atoms with Crippen LogP contribution >= 0.6 is 0 Å². The second-order valence-corrected chi connectivity index (χ2v) is 8.30. The molecule has 1 aliphatic rings. The fourth-order valence-electron chi connectivity index (χ4n) is 2.04. The Morgan fingerprint density at radius 2 is 1.85 bits per heavy atom. The molecule has 0 aromatic carbocycles. The van der Waals surface area contributed by atoms with Gasteiger partial charge in [-0.25, -0.2) is 17.7 Å². The predicted molar refractivity (Wildman–Crippen MR) is 70.7 cm³/mol. The number of aliphatic hydroxyl groups excluding tert-OH is 1. The Morgan fingerprint density at radius 1 is 1.35 bits per heavy atom. The van der Waals surface area contributed by atoms with E-state index in [9.17, 15) is 17.8 Å². The molecule has 3 N–H and O–H groups in total. The van der Waals surface area contributed by atoms with Gasteiger partial charge in [0.25, 0.3) is 5.92 Å². The van der Waals surface area contributed by atoms with Crippen LogP contribution in [0.2, 0.25) is 0 Å². The van der Waals surface area contributed by atoms with Gasteiger partial charge in [0.05, 0.1) is 27.2 Å². The lowest BCUT2D eigenvalue weighted by atomic mass is 9.88. The summed E-state index contributed by atoms with van der Waals surface area (Å²) < 4.78 is 41.8.